The second kappa shape index (κ2) is 7.39. The van der Waals surface area contributed by atoms with Gasteiger partial charge in [0.05, 0.1) is 17.5 Å². The van der Waals surface area contributed by atoms with E-state index in [1.54, 1.807) is 6.07 Å². The van der Waals surface area contributed by atoms with E-state index in [0.29, 0.717) is 30.6 Å². The maximum Gasteiger partial charge on any atom is 0.133 e. The third kappa shape index (κ3) is 4.01. The second-order valence-corrected chi connectivity index (χ2v) is 8.24. The van der Waals surface area contributed by atoms with Crippen LogP contribution in [0.5, 0.6) is 5.75 Å². The number of aromatic hydroxyl groups is 1. The normalized spacial score (nSPS) is 28.4. The molecule has 0 amide bonds. The van der Waals surface area contributed by atoms with E-state index < -0.39 is 23.3 Å². The van der Waals surface area contributed by atoms with Crippen molar-refractivity contribution in [2.45, 2.75) is 31.0 Å². The highest BCUT2D eigenvalue weighted by molar-refractivity contribution is 5.22. The van der Waals surface area contributed by atoms with Crippen LogP contribution in [0.1, 0.15) is 30.2 Å². The Morgan fingerprint density at radius 1 is 1.14 bits per heavy atom. The van der Waals surface area contributed by atoms with Gasteiger partial charge in [0.1, 0.15) is 23.5 Å². The van der Waals surface area contributed by atoms with E-state index in [2.05, 4.69) is 9.88 Å². The summed E-state index contributed by atoms with van der Waals surface area (Å²) in [5.41, 5.74) is -0.121. The number of aliphatic hydroxyl groups is 2. The molecule has 3 unspecified atom stereocenters. The predicted molar refractivity (Wildman–Crippen MR) is 98.5 cm³/mol. The van der Waals surface area contributed by atoms with Gasteiger partial charge in [-0.15, -0.1) is 0 Å². The molecule has 2 aromatic rings. The van der Waals surface area contributed by atoms with Crippen molar-refractivity contribution < 1.29 is 24.1 Å². The number of fused-ring (bicyclic) bond motifs is 1. The number of pyridine rings is 1. The molecule has 1 aliphatic carbocycles. The lowest BCUT2D eigenvalue weighted by Gasteiger charge is -2.27. The number of hydrogen-bond acceptors (Lipinski definition) is 5. The number of halogens is 2. The lowest BCUT2D eigenvalue weighted by Crippen LogP contribution is -2.33. The van der Waals surface area contributed by atoms with Crippen molar-refractivity contribution in [2.75, 3.05) is 19.6 Å². The molecule has 1 saturated heterocycles. The molecule has 1 aromatic heterocycles. The van der Waals surface area contributed by atoms with Gasteiger partial charge < -0.3 is 15.3 Å². The summed E-state index contributed by atoms with van der Waals surface area (Å²) in [4.78, 5) is 6.21. The topological polar surface area (TPSA) is 76.8 Å². The monoisotopic (exact) mass is 390 g/mol. The SMILES string of the molecule is Oc1ccc(C(O)CN2CC3CC(O)(Cc4ccc(F)cc4F)C[C@@H]3C2)nc1. The minimum absolute atomic E-state index is 0.0588. The maximum atomic E-state index is 13.9. The molecule has 2 fully saturated rings. The zero-order valence-corrected chi connectivity index (χ0v) is 15.4. The van der Waals surface area contributed by atoms with E-state index in [1.807, 2.05) is 0 Å². The molecule has 1 aliphatic heterocycles. The van der Waals surface area contributed by atoms with Crippen LogP contribution in [0.15, 0.2) is 36.5 Å². The highest BCUT2D eigenvalue weighted by Crippen LogP contribution is 2.45. The number of β-amino-alcohol motifs (C(OH)–C–C–N with tert-alkyl or cyclic N) is 1. The molecule has 0 bridgehead atoms. The summed E-state index contributed by atoms with van der Waals surface area (Å²) in [5.74, 6) is -0.601. The maximum absolute atomic E-state index is 13.9. The smallest absolute Gasteiger partial charge is 0.133 e. The number of likely N-dealkylation sites (tertiary alicyclic amines) is 1. The van der Waals surface area contributed by atoms with Gasteiger partial charge in [-0.05, 0) is 48.4 Å². The van der Waals surface area contributed by atoms with Gasteiger partial charge in [0.15, 0.2) is 0 Å². The van der Waals surface area contributed by atoms with E-state index in [1.165, 1.54) is 24.4 Å². The van der Waals surface area contributed by atoms with Crippen molar-refractivity contribution in [3.63, 3.8) is 0 Å². The molecule has 4 atom stereocenters. The van der Waals surface area contributed by atoms with Gasteiger partial charge in [-0.3, -0.25) is 9.88 Å². The third-order valence-electron chi connectivity index (χ3n) is 6.01. The van der Waals surface area contributed by atoms with E-state index >= 15 is 0 Å². The van der Waals surface area contributed by atoms with Crippen molar-refractivity contribution in [1.82, 2.24) is 9.88 Å². The van der Waals surface area contributed by atoms with E-state index in [4.69, 9.17) is 0 Å². The van der Waals surface area contributed by atoms with Crippen molar-refractivity contribution in [2.24, 2.45) is 11.8 Å². The molecule has 5 nitrogen and oxygen atoms in total. The summed E-state index contributed by atoms with van der Waals surface area (Å²) in [6.45, 7) is 1.96. The van der Waals surface area contributed by atoms with Gasteiger partial charge in [0.25, 0.3) is 0 Å². The second-order valence-electron chi connectivity index (χ2n) is 8.24. The van der Waals surface area contributed by atoms with Crippen LogP contribution < -0.4 is 0 Å². The first-order valence-corrected chi connectivity index (χ1v) is 9.53. The van der Waals surface area contributed by atoms with Crippen LogP contribution in [0.3, 0.4) is 0 Å². The van der Waals surface area contributed by atoms with Crippen LogP contribution >= 0.6 is 0 Å². The molecule has 1 aromatic carbocycles. The zero-order valence-electron chi connectivity index (χ0n) is 15.4. The van der Waals surface area contributed by atoms with Crippen LogP contribution in [-0.4, -0.2) is 50.4 Å². The number of benzene rings is 1. The molecule has 150 valence electrons. The van der Waals surface area contributed by atoms with Crippen LogP contribution in [0.2, 0.25) is 0 Å². The largest absolute Gasteiger partial charge is 0.506 e. The van der Waals surface area contributed by atoms with Crippen molar-refractivity contribution in [3.8, 4) is 5.75 Å². The molecule has 7 heteroatoms. The van der Waals surface area contributed by atoms with E-state index in [-0.39, 0.29) is 24.0 Å². The Morgan fingerprint density at radius 2 is 1.86 bits per heavy atom. The molecular formula is C21H24F2N2O3. The number of aromatic nitrogens is 1. The first kappa shape index (κ1) is 19.2. The Labute approximate surface area is 162 Å². The molecule has 2 heterocycles. The third-order valence-corrected chi connectivity index (χ3v) is 6.01. The molecule has 1 saturated carbocycles. The minimum atomic E-state index is -0.975. The summed E-state index contributed by atoms with van der Waals surface area (Å²) in [7, 11) is 0. The fourth-order valence-corrected chi connectivity index (χ4v) is 4.80. The Hall–Kier alpha value is -2.09. The average molecular weight is 390 g/mol. The van der Waals surface area contributed by atoms with Crippen LogP contribution in [0.4, 0.5) is 8.78 Å². The van der Waals surface area contributed by atoms with Crippen LogP contribution in [0, 0.1) is 23.5 Å². The highest BCUT2D eigenvalue weighted by atomic mass is 19.1. The zero-order chi connectivity index (χ0) is 19.9. The lowest BCUT2D eigenvalue weighted by atomic mass is 9.91. The predicted octanol–water partition coefficient (Wildman–Crippen LogP) is 2.41. The van der Waals surface area contributed by atoms with E-state index in [9.17, 15) is 24.1 Å². The number of hydrogen-bond donors (Lipinski definition) is 3. The van der Waals surface area contributed by atoms with Crippen molar-refractivity contribution in [3.05, 3.63) is 59.4 Å². The molecular weight excluding hydrogens is 366 g/mol. The number of nitrogens with zero attached hydrogens (tertiary/aromatic N) is 2. The average Bonchev–Trinajstić information content (AvgIpc) is 3.12. The Balaban J connectivity index is 1.34. The fraction of sp³-hybridized carbons (Fsp3) is 0.476. The van der Waals surface area contributed by atoms with Crippen LogP contribution in [0.25, 0.3) is 0 Å². The van der Waals surface area contributed by atoms with Gasteiger partial charge in [0, 0.05) is 32.1 Å². The summed E-state index contributed by atoms with van der Waals surface area (Å²) in [5, 5.41) is 30.6. The number of aliphatic hydroxyl groups excluding tert-OH is 1. The van der Waals surface area contributed by atoms with E-state index in [0.717, 1.165) is 19.2 Å². The molecule has 2 aliphatic rings. The van der Waals surface area contributed by atoms with Gasteiger partial charge in [0.2, 0.25) is 0 Å². The Bertz CT molecular complexity index is 832. The van der Waals surface area contributed by atoms with Gasteiger partial charge in [-0.2, -0.15) is 0 Å². The van der Waals surface area contributed by atoms with Gasteiger partial charge in [-0.1, -0.05) is 6.07 Å². The highest BCUT2D eigenvalue weighted by Gasteiger charge is 2.48. The van der Waals surface area contributed by atoms with Crippen molar-refractivity contribution >= 4 is 0 Å². The first-order valence-electron chi connectivity index (χ1n) is 9.53. The molecule has 0 radical (unpaired) electrons. The summed E-state index contributed by atoms with van der Waals surface area (Å²) >= 11 is 0. The summed E-state index contributed by atoms with van der Waals surface area (Å²) in [6.07, 6.45) is 1.89. The quantitative estimate of drug-likeness (QED) is 0.731. The summed E-state index contributed by atoms with van der Waals surface area (Å²) < 4.78 is 27.0. The first-order chi connectivity index (χ1) is 13.3. The Kier molecular flexibility index (Phi) is 5.07. The molecule has 4 rings (SSSR count). The fourth-order valence-electron chi connectivity index (χ4n) is 4.80. The summed E-state index contributed by atoms with van der Waals surface area (Å²) in [6, 6.07) is 6.59. The standard InChI is InChI=1S/C21H24F2N2O3/c22-16-2-1-13(18(23)5-16)6-21(28)7-14-10-25(11-15(14)8-21)12-20(27)19-4-3-17(26)9-24-19/h1-5,9,14-15,20,26-28H,6-8,10-12H2/t14-,15?,20?,21?/m1/s1. The molecule has 0 spiro atoms. The Morgan fingerprint density at radius 3 is 2.46 bits per heavy atom. The van der Waals surface area contributed by atoms with Gasteiger partial charge in [-0.25, -0.2) is 8.78 Å². The molecule has 28 heavy (non-hydrogen) atoms. The van der Waals surface area contributed by atoms with Gasteiger partial charge >= 0.3 is 0 Å². The van der Waals surface area contributed by atoms with Crippen LogP contribution in [-0.2, 0) is 6.42 Å². The minimum Gasteiger partial charge on any atom is -0.506 e. The molecule has 3 N–H and O–H groups in total. The number of rotatable bonds is 5. The van der Waals surface area contributed by atoms with Crippen molar-refractivity contribution in [1.29, 1.82) is 0 Å². The lowest BCUT2D eigenvalue weighted by molar-refractivity contribution is 0.0319.